The fourth-order valence-electron chi connectivity index (χ4n) is 6.15. The fraction of sp³-hybridized carbons (Fsp3) is 1.00. The molecule has 3 fully saturated rings. The Morgan fingerprint density at radius 1 is 0.741 bits per heavy atom. The molecule has 27 heavy (non-hydrogen) atoms. The second-order valence-electron chi connectivity index (χ2n) is 10.3. The van der Waals surface area contributed by atoms with E-state index in [4.69, 9.17) is 0 Å². The molecule has 0 aromatic rings. The first-order valence-electron chi connectivity index (χ1n) is 13.0. The molecule has 1 nitrogen and oxygen atoms in total. The maximum atomic E-state index is 3.84. The van der Waals surface area contributed by atoms with Gasteiger partial charge < -0.3 is 5.32 Å². The van der Waals surface area contributed by atoms with E-state index in [1.165, 1.54) is 83.6 Å². The maximum Gasteiger partial charge on any atom is 0.00413 e. The summed E-state index contributed by atoms with van der Waals surface area (Å²) in [6, 6.07) is 0.741. The predicted molar refractivity (Wildman–Crippen MR) is 121 cm³/mol. The van der Waals surface area contributed by atoms with Gasteiger partial charge in [-0.2, -0.15) is 0 Å². The molecule has 4 unspecified atom stereocenters. The Morgan fingerprint density at radius 2 is 1.37 bits per heavy atom. The summed E-state index contributed by atoms with van der Waals surface area (Å²) in [5.41, 5.74) is 0. The lowest BCUT2D eigenvalue weighted by Crippen LogP contribution is -2.30. The Hall–Kier alpha value is -0.0400. The lowest BCUT2D eigenvalue weighted by molar-refractivity contribution is 0.161. The Balaban J connectivity index is 0.000000817. The van der Waals surface area contributed by atoms with Crippen LogP contribution in [0.5, 0.6) is 0 Å². The third-order valence-electron chi connectivity index (χ3n) is 7.59. The van der Waals surface area contributed by atoms with Crippen LogP contribution >= 0.6 is 0 Å². The molecule has 0 amide bonds. The van der Waals surface area contributed by atoms with Gasteiger partial charge in [-0.25, -0.2) is 0 Å². The molecule has 3 aliphatic carbocycles. The third kappa shape index (κ3) is 9.33. The SMILES string of the molecule is CC(CC1CCCCC1)NCCCC1CCC2CCCCCC2C1.CCC. The number of hydrogen-bond donors (Lipinski definition) is 1. The molecule has 4 atom stereocenters. The van der Waals surface area contributed by atoms with E-state index < -0.39 is 0 Å². The molecule has 0 spiro atoms. The fourth-order valence-corrected chi connectivity index (χ4v) is 6.15. The molecule has 3 rings (SSSR count). The monoisotopic (exact) mass is 377 g/mol. The van der Waals surface area contributed by atoms with Crippen molar-refractivity contribution in [2.45, 2.75) is 136 Å². The molecule has 0 bridgehead atoms. The highest BCUT2D eigenvalue weighted by Gasteiger charge is 2.30. The van der Waals surface area contributed by atoms with E-state index in [0.717, 1.165) is 29.7 Å². The summed E-state index contributed by atoms with van der Waals surface area (Å²) in [6.07, 6.45) is 25.4. The molecule has 1 N–H and O–H groups in total. The van der Waals surface area contributed by atoms with Gasteiger partial charge in [0.05, 0.1) is 0 Å². The minimum Gasteiger partial charge on any atom is -0.314 e. The van der Waals surface area contributed by atoms with Crippen molar-refractivity contribution in [3.63, 3.8) is 0 Å². The summed E-state index contributed by atoms with van der Waals surface area (Å²) < 4.78 is 0. The molecule has 0 heterocycles. The van der Waals surface area contributed by atoms with Gasteiger partial charge in [0.25, 0.3) is 0 Å². The smallest absolute Gasteiger partial charge is 0.00413 e. The van der Waals surface area contributed by atoms with Gasteiger partial charge in [0.2, 0.25) is 0 Å². The van der Waals surface area contributed by atoms with E-state index in [1.807, 2.05) is 0 Å². The zero-order chi connectivity index (χ0) is 19.3. The first-order chi connectivity index (χ1) is 13.2. The normalized spacial score (nSPS) is 30.6. The standard InChI is InChI=1S/C23H43N.C3H8/c1-19(17-20-9-4-2-5-10-20)24-16-8-11-21-14-15-22-12-6-3-7-13-23(22)18-21;1-3-2/h19-24H,2-18H2,1H3;3H2,1-2H3. The molecule has 0 saturated heterocycles. The molecular formula is C26H51N. The van der Waals surface area contributed by atoms with E-state index in [0.29, 0.717) is 0 Å². The van der Waals surface area contributed by atoms with E-state index in [-0.39, 0.29) is 0 Å². The summed E-state index contributed by atoms with van der Waals surface area (Å²) >= 11 is 0. The van der Waals surface area contributed by atoms with Crippen LogP contribution < -0.4 is 5.32 Å². The summed E-state index contributed by atoms with van der Waals surface area (Å²) in [7, 11) is 0. The van der Waals surface area contributed by atoms with Gasteiger partial charge in [-0.05, 0) is 69.2 Å². The van der Waals surface area contributed by atoms with Crippen molar-refractivity contribution in [1.82, 2.24) is 5.32 Å². The third-order valence-corrected chi connectivity index (χ3v) is 7.59. The van der Waals surface area contributed by atoms with Crippen molar-refractivity contribution in [3.8, 4) is 0 Å². The zero-order valence-corrected chi connectivity index (χ0v) is 19.1. The Kier molecular flexibility index (Phi) is 12.1. The number of hydrogen-bond acceptors (Lipinski definition) is 1. The Labute approximate surface area is 171 Å². The molecule has 0 radical (unpaired) electrons. The van der Waals surface area contributed by atoms with E-state index in [1.54, 1.807) is 32.1 Å². The lowest BCUT2D eigenvalue weighted by Gasteiger charge is -2.35. The van der Waals surface area contributed by atoms with Crippen LogP contribution in [0.4, 0.5) is 0 Å². The first kappa shape index (κ1) is 23.2. The molecule has 3 saturated carbocycles. The number of rotatable bonds is 7. The summed E-state index contributed by atoms with van der Waals surface area (Å²) in [5.74, 6) is 4.29. The average molecular weight is 378 g/mol. The molecule has 0 aromatic heterocycles. The second kappa shape index (κ2) is 14.0. The maximum absolute atomic E-state index is 3.84. The van der Waals surface area contributed by atoms with Crippen LogP contribution in [0.2, 0.25) is 0 Å². The van der Waals surface area contributed by atoms with E-state index in [2.05, 4.69) is 26.1 Å². The van der Waals surface area contributed by atoms with Crippen molar-refractivity contribution in [2.75, 3.05) is 6.54 Å². The van der Waals surface area contributed by atoms with Crippen LogP contribution in [0.1, 0.15) is 130 Å². The number of nitrogens with one attached hydrogen (secondary N) is 1. The lowest BCUT2D eigenvalue weighted by atomic mass is 9.71. The van der Waals surface area contributed by atoms with Crippen molar-refractivity contribution in [2.24, 2.45) is 23.7 Å². The molecule has 0 aromatic carbocycles. The number of fused-ring (bicyclic) bond motifs is 1. The quantitative estimate of drug-likeness (QED) is 0.441. The van der Waals surface area contributed by atoms with Crippen LogP contribution in [0.3, 0.4) is 0 Å². The highest BCUT2D eigenvalue weighted by Crippen LogP contribution is 2.42. The highest BCUT2D eigenvalue weighted by atomic mass is 14.9. The van der Waals surface area contributed by atoms with Crippen LogP contribution in [0.15, 0.2) is 0 Å². The zero-order valence-electron chi connectivity index (χ0n) is 19.1. The molecular weight excluding hydrogens is 326 g/mol. The predicted octanol–water partition coefficient (Wildman–Crippen LogP) is 8.13. The molecule has 0 aliphatic heterocycles. The van der Waals surface area contributed by atoms with Gasteiger partial charge in [0.15, 0.2) is 0 Å². The largest absolute Gasteiger partial charge is 0.314 e. The van der Waals surface area contributed by atoms with Gasteiger partial charge in [0, 0.05) is 6.04 Å². The molecule has 3 aliphatic rings. The Bertz CT molecular complexity index is 346. The van der Waals surface area contributed by atoms with Crippen molar-refractivity contribution >= 4 is 0 Å². The van der Waals surface area contributed by atoms with Gasteiger partial charge in [-0.15, -0.1) is 0 Å². The highest BCUT2D eigenvalue weighted by molar-refractivity contribution is 4.82. The van der Waals surface area contributed by atoms with Gasteiger partial charge in [-0.3, -0.25) is 0 Å². The Morgan fingerprint density at radius 3 is 2.07 bits per heavy atom. The average Bonchev–Trinajstić information content (AvgIpc) is 2.92. The van der Waals surface area contributed by atoms with Crippen LogP contribution in [0.25, 0.3) is 0 Å². The van der Waals surface area contributed by atoms with E-state index >= 15 is 0 Å². The molecule has 160 valence electrons. The summed E-state index contributed by atoms with van der Waals surface area (Å²) in [4.78, 5) is 0. The van der Waals surface area contributed by atoms with Crippen molar-refractivity contribution in [3.05, 3.63) is 0 Å². The molecule has 1 heteroatoms. The summed E-state index contributed by atoms with van der Waals surface area (Å²) in [6.45, 7) is 7.93. The van der Waals surface area contributed by atoms with Gasteiger partial charge in [-0.1, -0.05) is 90.9 Å². The van der Waals surface area contributed by atoms with Gasteiger partial charge >= 0.3 is 0 Å². The topological polar surface area (TPSA) is 12.0 Å². The first-order valence-corrected chi connectivity index (χ1v) is 13.0. The minimum atomic E-state index is 0.741. The van der Waals surface area contributed by atoms with Crippen LogP contribution in [-0.2, 0) is 0 Å². The van der Waals surface area contributed by atoms with Gasteiger partial charge in [0.1, 0.15) is 0 Å². The van der Waals surface area contributed by atoms with Crippen LogP contribution in [-0.4, -0.2) is 12.6 Å². The van der Waals surface area contributed by atoms with Crippen molar-refractivity contribution in [1.29, 1.82) is 0 Å². The van der Waals surface area contributed by atoms with E-state index in [9.17, 15) is 0 Å². The minimum absolute atomic E-state index is 0.741. The van der Waals surface area contributed by atoms with Crippen LogP contribution in [0, 0.1) is 23.7 Å². The second-order valence-corrected chi connectivity index (χ2v) is 10.3. The van der Waals surface area contributed by atoms with Crippen molar-refractivity contribution < 1.29 is 0 Å². The summed E-state index contributed by atoms with van der Waals surface area (Å²) in [5, 5.41) is 3.84.